The molecule has 19 heavy (non-hydrogen) atoms. The maximum atomic E-state index is 12.7. The van der Waals surface area contributed by atoms with Crippen LogP contribution in [0.4, 0.5) is 15.8 Å². The van der Waals surface area contributed by atoms with Gasteiger partial charge < -0.3 is 10.6 Å². The molecule has 0 atom stereocenters. The van der Waals surface area contributed by atoms with Crippen molar-refractivity contribution in [2.24, 2.45) is 0 Å². The number of halogens is 1. The first kappa shape index (κ1) is 13.1. The van der Waals surface area contributed by atoms with Crippen LogP contribution in [0.3, 0.4) is 0 Å². The Morgan fingerprint density at radius 2 is 1.63 bits per heavy atom. The predicted molar refractivity (Wildman–Crippen MR) is 78.9 cm³/mol. The highest BCUT2D eigenvalue weighted by Gasteiger charge is 2.02. The third-order valence-electron chi connectivity index (χ3n) is 2.63. The number of nitrogens with one attached hydrogen (secondary N) is 2. The maximum absolute atomic E-state index is 12.7. The smallest absolute Gasteiger partial charge is 0.243 e. The van der Waals surface area contributed by atoms with Crippen molar-refractivity contribution < 1.29 is 12.0 Å². The number of amides is 1. The van der Waals surface area contributed by atoms with Gasteiger partial charge in [-0.1, -0.05) is 17.7 Å². The van der Waals surface area contributed by atoms with E-state index >= 15 is 0 Å². The standard InChI is InChI=1S/C15H15FN2O.2H2/c1-11-2-6-14(7-3-11)18-15(19)10-17-13-8-4-12(16)5-9-13;;/h2-9,17H,10H2,1H3,(H,18,19);2*1H. The minimum atomic E-state index is -0.297. The van der Waals surface area contributed by atoms with Gasteiger partial charge in [-0.3, -0.25) is 4.79 Å². The second-order valence-electron chi connectivity index (χ2n) is 4.27. The van der Waals surface area contributed by atoms with Gasteiger partial charge in [0.15, 0.2) is 0 Å². The van der Waals surface area contributed by atoms with Crippen molar-refractivity contribution in [2.75, 3.05) is 17.2 Å². The molecule has 0 bridgehead atoms. The van der Waals surface area contributed by atoms with Gasteiger partial charge >= 0.3 is 0 Å². The lowest BCUT2D eigenvalue weighted by Gasteiger charge is -2.08. The monoisotopic (exact) mass is 262 g/mol. The van der Waals surface area contributed by atoms with Gasteiger partial charge in [-0.05, 0) is 43.3 Å². The number of hydrogen-bond acceptors (Lipinski definition) is 2. The van der Waals surface area contributed by atoms with Crippen LogP contribution in [0.5, 0.6) is 0 Å². The summed E-state index contributed by atoms with van der Waals surface area (Å²) in [6.45, 7) is 2.13. The fraction of sp³-hybridized carbons (Fsp3) is 0.133. The first-order valence-electron chi connectivity index (χ1n) is 5.99. The highest BCUT2D eigenvalue weighted by atomic mass is 19.1. The van der Waals surface area contributed by atoms with E-state index in [9.17, 15) is 9.18 Å². The van der Waals surface area contributed by atoms with Gasteiger partial charge in [-0.2, -0.15) is 0 Å². The molecule has 0 aliphatic carbocycles. The summed E-state index contributed by atoms with van der Waals surface area (Å²) in [6.07, 6.45) is 0. The lowest BCUT2D eigenvalue weighted by Crippen LogP contribution is -2.21. The van der Waals surface area contributed by atoms with E-state index in [2.05, 4.69) is 10.6 Å². The molecular weight excluding hydrogens is 243 g/mol. The van der Waals surface area contributed by atoms with Crippen LogP contribution in [0.25, 0.3) is 0 Å². The Balaban J connectivity index is 0.00000200. The number of hydrogen-bond donors (Lipinski definition) is 2. The Morgan fingerprint density at radius 3 is 2.26 bits per heavy atom. The number of benzene rings is 2. The van der Waals surface area contributed by atoms with Crippen molar-refractivity contribution in [3.8, 4) is 0 Å². The van der Waals surface area contributed by atoms with Crippen LogP contribution in [-0.4, -0.2) is 12.5 Å². The summed E-state index contributed by atoms with van der Waals surface area (Å²) in [5.41, 5.74) is 2.61. The summed E-state index contributed by atoms with van der Waals surface area (Å²) in [6, 6.07) is 13.5. The Morgan fingerprint density at radius 1 is 1.05 bits per heavy atom. The van der Waals surface area contributed by atoms with E-state index in [0.29, 0.717) is 5.69 Å². The Bertz CT molecular complexity index is 559. The van der Waals surface area contributed by atoms with Crippen molar-refractivity contribution in [2.45, 2.75) is 6.92 Å². The number of carbonyl (C=O) groups is 1. The lowest BCUT2D eigenvalue weighted by molar-refractivity contribution is -0.114. The van der Waals surface area contributed by atoms with E-state index in [0.717, 1.165) is 11.3 Å². The SMILES string of the molecule is Cc1ccc(NC(=O)CNc2ccc(F)cc2)cc1.[HH].[HH]. The van der Waals surface area contributed by atoms with Gasteiger partial charge in [0.25, 0.3) is 0 Å². The van der Waals surface area contributed by atoms with E-state index in [4.69, 9.17) is 0 Å². The Kier molecular flexibility index (Phi) is 4.13. The molecule has 2 aromatic carbocycles. The van der Waals surface area contributed by atoms with Crippen LogP contribution >= 0.6 is 0 Å². The largest absolute Gasteiger partial charge is 0.376 e. The molecule has 102 valence electrons. The van der Waals surface area contributed by atoms with Gasteiger partial charge in [-0.25, -0.2) is 4.39 Å². The van der Waals surface area contributed by atoms with Crippen LogP contribution < -0.4 is 10.6 Å². The second-order valence-corrected chi connectivity index (χ2v) is 4.27. The Hall–Kier alpha value is -2.36. The zero-order chi connectivity index (χ0) is 13.7. The van der Waals surface area contributed by atoms with Crippen molar-refractivity contribution in [1.82, 2.24) is 0 Å². The van der Waals surface area contributed by atoms with E-state index in [1.54, 1.807) is 12.1 Å². The molecule has 0 heterocycles. The number of rotatable bonds is 4. The topological polar surface area (TPSA) is 41.1 Å². The second kappa shape index (κ2) is 6.00. The molecule has 0 fully saturated rings. The van der Waals surface area contributed by atoms with Crippen LogP contribution in [0.1, 0.15) is 8.42 Å². The van der Waals surface area contributed by atoms with Gasteiger partial charge in [-0.15, -0.1) is 0 Å². The highest BCUT2D eigenvalue weighted by Crippen LogP contribution is 2.10. The lowest BCUT2D eigenvalue weighted by atomic mass is 10.2. The number of aryl methyl sites for hydroxylation is 1. The van der Waals surface area contributed by atoms with Gasteiger partial charge in [0, 0.05) is 14.2 Å². The first-order chi connectivity index (χ1) is 9.13. The van der Waals surface area contributed by atoms with Crippen LogP contribution in [-0.2, 0) is 4.79 Å². The zero-order valence-electron chi connectivity index (χ0n) is 10.6. The molecule has 0 aliphatic heterocycles. The van der Waals surface area contributed by atoms with Crippen molar-refractivity contribution in [3.05, 3.63) is 59.9 Å². The van der Waals surface area contributed by atoms with Crippen LogP contribution in [0.15, 0.2) is 48.5 Å². The Labute approximate surface area is 114 Å². The third-order valence-corrected chi connectivity index (χ3v) is 2.63. The summed E-state index contributed by atoms with van der Waals surface area (Å²) in [7, 11) is 0. The zero-order valence-corrected chi connectivity index (χ0v) is 10.6. The summed E-state index contributed by atoms with van der Waals surface area (Å²) in [5.74, 6) is -0.442. The average molecular weight is 262 g/mol. The minimum absolute atomic E-state index is 0. The van der Waals surface area contributed by atoms with Crippen molar-refractivity contribution >= 4 is 17.3 Å². The molecule has 0 unspecified atom stereocenters. The molecule has 0 saturated heterocycles. The van der Waals surface area contributed by atoms with Gasteiger partial charge in [0.05, 0.1) is 6.54 Å². The van der Waals surface area contributed by atoms with Crippen molar-refractivity contribution in [1.29, 1.82) is 0 Å². The quantitative estimate of drug-likeness (QED) is 0.882. The highest BCUT2D eigenvalue weighted by molar-refractivity contribution is 5.93. The summed E-state index contributed by atoms with van der Waals surface area (Å²) in [5, 5.41) is 5.70. The summed E-state index contributed by atoms with van der Waals surface area (Å²) >= 11 is 0. The fourth-order valence-electron chi connectivity index (χ4n) is 1.59. The molecule has 3 nitrogen and oxygen atoms in total. The molecule has 2 rings (SSSR count). The molecule has 0 radical (unpaired) electrons. The predicted octanol–water partition coefficient (Wildman–Crippen LogP) is 3.68. The molecule has 0 aromatic heterocycles. The number of anilines is 2. The molecule has 0 spiro atoms. The molecule has 4 heteroatoms. The van der Waals surface area contributed by atoms with Crippen LogP contribution in [0, 0.1) is 12.7 Å². The molecule has 2 aromatic rings. The number of carbonyl (C=O) groups excluding carboxylic acids is 1. The maximum Gasteiger partial charge on any atom is 0.243 e. The van der Waals surface area contributed by atoms with Crippen LogP contribution in [0.2, 0.25) is 0 Å². The van der Waals surface area contributed by atoms with Gasteiger partial charge in [0.2, 0.25) is 5.91 Å². The fourth-order valence-corrected chi connectivity index (χ4v) is 1.59. The molecule has 0 saturated carbocycles. The normalized spacial score (nSPS) is 10.0. The average Bonchev–Trinajstić information content (AvgIpc) is 2.41. The minimum Gasteiger partial charge on any atom is -0.376 e. The van der Waals surface area contributed by atoms with Gasteiger partial charge in [0.1, 0.15) is 5.82 Å². The summed E-state index contributed by atoms with van der Waals surface area (Å²) < 4.78 is 12.7. The first-order valence-corrected chi connectivity index (χ1v) is 5.99. The van der Waals surface area contributed by atoms with E-state index in [1.165, 1.54) is 12.1 Å². The summed E-state index contributed by atoms with van der Waals surface area (Å²) in [4.78, 5) is 11.7. The van der Waals surface area contributed by atoms with E-state index in [-0.39, 0.29) is 21.1 Å². The molecule has 2 N–H and O–H groups in total. The van der Waals surface area contributed by atoms with Crippen molar-refractivity contribution in [3.63, 3.8) is 0 Å². The molecule has 1 amide bonds. The molecular formula is C15H19FN2O. The van der Waals surface area contributed by atoms with E-state index in [1.807, 2.05) is 31.2 Å². The molecule has 0 aliphatic rings. The third kappa shape index (κ3) is 4.10. The van der Waals surface area contributed by atoms with E-state index < -0.39 is 0 Å².